The first-order chi connectivity index (χ1) is 20.2. The molecule has 0 saturated carbocycles. The van der Waals surface area contributed by atoms with Gasteiger partial charge in [-0.1, -0.05) is 78.9 Å². The van der Waals surface area contributed by atoms with Crippen LogP contribution in [-0.4, -0.2) is 53.3 Å². The smallest absolute Gasteiger partial charge is 0.243 e. The summed E-state index contributed by atoms with van der Waals surface area (Å²) in [4.78, 5) is 33.4. The van der Waals surface area contributed by atoms with E-state index in [-0.39, 0.29) is 26.1 Å². The fourth-order valence-corrected chi connectivity index (χ4v) is 5.19. The summed E-state index contributed by atoms with van der Waals surface area (Å²) in [7, 11) is -3.79. The summed E-state index contributed by atoms with van der Waals surface area (Å²) >= 11 is 0. The van der Waals surface area contributed by atoms with Crippen molar-refractivity contribution in [1.82, 2.24) is 19.5 Å². The van der Waals surface area contributed by atoms with Crippen LogP contribution in [0.2, 0.25) is 0 Å². The third kappa shape index (κ3) is 9.05. The Balaban J connectivity index is 1.67. The maximum atomic E-state index is 14.0. The number of pyridine rings is 1. The van der Waals surface area contributed by atoms with Crippen LogP contribution in [0.3, 0.4) is 0 Å². The second-order valence-electron chi connectivity index (χ2n) is 9.91. The predicted octanol–water partition coefficient (Wildman–Crippen LogP) is 3.94. The molecule has 1 aromatic heterocycles. The summed E-state index contributed by atoms with van der Waals surface area (Å²) in [5.74, 6) is -1.42. The maximum Gasteiger partial charge on any atom is 0.243 e. The first kappa shape index (κ1) is 30.5. The fraction of sp³-hybridized carbons (Fsp3) is 0.219. The number of aromatic nitrogens is 1. The SMILES string of the molecule is CS(=O)(=O)N(CC(=O)N(Cc1ccc(F)cc1)C(Cc1ccccc1)C(=O)NCc1ccccn1)Cc1ccccc1. The van der Waals surface area contributed by atoms with Gasteiger partial charge in [-0.25, -0.2) is 12.8 Å². The average Bonchev–Trinajstić information content (AvgIpc) is 2.99. The molecule has 1 unspecified atom stereocenters. The minimum atomic E-state index is -3.79. The monoisotopic (exact) mass is 588 g/mol. The van der Waals surface area contributed by atoms with Crippen molar-refractivity contribution in [3.8, 4) is 0 Å². The zero-order chi connectivity index (χ0) is 30.0. The van der Waals surface area contributed by atoms with E-state index in [1.165, 1.54) is 17.0 Å². The number of carbonyl (C=O) groups excluding carboxylic acids is 2. The van der Waals surface area contributed by atoms with Crippen molar-refractivity contribution in [2.45, 2.75) is 32.1 Å². The molecule has 4 rings (SSSR count). The Bertz CT molecular complexity index is 1550. The van der Waals surface area contributed by atoms with E-state index in [2.05, 4.69) is 10.3 Å². The van der Waals surface area contributed by atoms with E-state index < -0.39 is 40.2 Å². The molecular formula is C32H33FN4O4S. The van der Waals surface area contributed by atoms with Crippen LogP contribution in [0.4, 0.5) is 4.39 Å². The van der Waals surface area contributed by atoms with Crippen LogP contribution in [0.25, 0.3) is 0 Å². The minimum Gasteiger partial charge on any atom is -0.349 e. The van der Waals surface area contributed by atoms with Crippen molar-refractivity contribution in [2.24, 2.45) is 0 Å². The molecule has 8 nitrogen and oxygen atoms in total. The molecule has 10 heteroatoms. The number of nitrogens with one attached hydrogen (secondary N) is 1. The number of benzene rings is 3. The molecule has 218 valence electrons. The normalized spacial score (nSPS) is 12.1. The van der Waals surface area contributed by atoms with Gasteiger partial charge in [0.05, 0.1) is 25.0 Å². The number of carbonyl (C=O) groups is 2. The molecule has 0 bridgehead atoms. The number of sulfonamides is 1. The molecule has 1 atom stereocenters. The number of nitrogens with zero attached hydrogens (tertiary/aromatic N) is 3. The highest BCUT2D eigenvalue weighted by Crippen LogP contribution is 2.17. The lowest BCUT2D eigenvalue weighted by Crippen LogP contribution is -2.53. The van der Waals surface area contributed by atoms with Gasteiger partial charge in [-0.2, -0.15) is 4.31 Å². The summed E-state index contributed by atoms with van der Waals surface area (Å²) in [6, 6.07) is 28.2. The summed E-state index contributed by atoms with van der Waals surface area (Å²) in [5.41, 5.74) is 2.77. The molecule has 1 N–H and O–H groups in total. The molecule has 0 spiro atoms. The van der Waals surface area contributed by atoms with Crippen LogP contribution in [0.15, 0.2) is 109 Å². The van der Waals surface area contributed by atoms with Gasteiger partial charge in [-0.15, -0.1) is 0 Å². The van der Waals surface area contributed by atoms with Crippen molar-refractivity contribution in [1.29, 1.82) is 0 Å². The standard InChI is InChI=1S/C32H33FN4O4S/c1-42(40,41)36(22-26-12-6-3-7-13-26)24-31(38)37(23-27-15-17-28(33)18-16-27)30(20-25-10-4-2-5-11-25)32(39)35-21-29-14-8-9-19-34-29/h2-19,30H,20-24H2,1H3,(H,35,39). The first-order valence-electron chi connectivity index (χ1n) is 13.4. The van der Waals surface area contributed by atoms with E-state index in [1.807, 2.05) is 42.5 Å². The zero-order valence-corrected chi connectivity index (χ0v) is 24.1. The first-order valence-corrected chi connectivity index (χ1v) is 15.3. The molecule has 0 saturated heterocycles. The van der Waals surface area contributed by atoms with Gasteiger partial charge in [0.1, 0.15) is 11.9 Å². The quantitative estimate of drug-likeness (QED) is 0.255. The number of hydrogen-bond donors (Lipinski definition) is 1. The van der Waals surface area contributed by atoms with Gasteiger partial charge in [0.15, 0.2) is 0 Å². The van der Waals surface area contributed by atoms with Crippen molar-refractivity contribution >= 4 is 21.8 Å². The van der Waals surface area contributed by atoms with Crippen molar-refractivity contribution < 1.29 is 22.4 Å². The molecule has 4 aromatic rings. The van der Waals surface area contributed by atoms with Gasteiger partial charge in [0.2, 0.25) is 21.8 Å². The highest BCUT2D eigenvalue weighted by Gasteiger charge is 2.33. The van der Waals surface area contributed by atoms with Crippen LogP contribution in [-0.2, 0) is 45.7 Å². The molecular weight excluding hydrogens is 555 g/mol. The van der Waals surface area contributed by atoms with Gasteiger partial charge in [-0.3, -0.25) is 14.6 Å². The molecule has 0 fully saturated rings. The molecule has 2 amide bonds. The van der Waals surface area contributed by atoms with Gasteiger partial charge < -0.3 is 10.2 Å². The number of rotatable bonds is 13. The number of hydrogen-bond acceptors (Lipinski definition) is 5. The van der Waals surface area contributed by atoms with E-state index in [4.69, 9.17) is 0 Å². The van der Waals surface area contributed by atoms with Crippen molar-refractivity contribution in [3.63, 3.8) is 0 Å². The Morgan fingerprint density at radius 2 is 1.40 bits per heavy atom. The Labute approximate surface area is 245 Å². The van der Waals surface area contributed by atoms with Gasteiger partial charge in [0.25, 0.3) is 0 Å². The summed E-state index contributed by atoms with van der Waals surface area (Å²) in [5, 5.41) is 2.89. The summed E-state index contributed by atoms with van der Waals surface area (Å²) < 4.78 is 40.3. The molecule has 1 heterocycles. The zero-order valence-electron chi connectivity index (χ0n) is 23.3. The second kappa shape index (κ2) is 14.5. The Morgan fingerprint density at radius 3 is 2.00 bits per heavy atom. The van der Waals surface area contributed by atoms with Crippen molar-refractivity contribution in [2.75, 3.05) is 12.8 Å². The average molecular weight is 589 g/mol. The lowest BCUT2D eigenvalue weighted by atomic mass is 10.0. The van der Waals surface area contributed by atoms with E-state index in [0.717, 1.165) is 21.7 Å². The molecule has 0 aliphatic rings. The molecule has 0 aliphatic carbocycles. The lowest BCUT2D eigenvalue weighted by Gasteiger charge is -2.33. The van der Waals surface area contributed by atoms with E-state index >= 15 is 0 Å². The van der Waals surface area contributed by atoms with E-state index in [9.17, 15) is 22.4 Å². The highest BCUT2D eigenvalue weighted by atomic mass is 32.2. The third-order valence-electron chi connectivity index (χ3n) is 6.69. The molecule has 42 heavy (non-hydrogen) atoms. The Hall–Kier alpha value is -4.41. The van der Waals surface area contributed by atoms with Gasteiger partial charge >= 0.3 is 0 Å². The lowest BCUT2D eigenvalue weighted by molar-refractivity contribution is -0.141. The van der Waals surface area contributed by atoms with Gasteiger partial charge in [0, 0.05) is 25.7 Å². The molecule has 0 aliphatic heterocycles. The van der Waals surface area contributed by atoms with Crippen molar-refractivity contribution in [3.05, 3.63) is 138 Å². The van der Waals surface area contributed by atoms with Crippen LogP contribution in [0.1, 0.15) is 22.4 Å². The summed E-state index contributed by atoms with van der Waals surface area (Å²) in [6.07, 6.45) is 2.85. The van der Waals surface area contributed by atoms with E-state index in [0.29, 0.717) is 11.3 Å². The number of halogens is 1. The van der Waals surface area contributed by atoms with E-state index in [1.54, 1.807) is 54.7 Å². The Kier molecular flexibility index (Phi) is 10.5. The largest absolute Gasteiger partial charge is 0.349 e. The van der Waals surface area contributed by atoms with Crippen LogP contribution >= 0.6 is 0 Å². The maximum absolute atomic E-state index is 14.0. The third-order valence-corrected chi connectivity index (χ3v) is 7.89. The summed E-state index contributed by atoms with van der Waals surface area (Å²) in [6.45, 7) is -0.373. The Morgan fingerprint density at radius 1 is 0.810 bits per heavy atom. The minimum absolute atomic E-state index is 0.00890. The van der Waals surface area contributed by atoms with Crippen LogP contribution in [0, 0.1) is 5.82 Å². The highest BCUT2D eigenvalue weighted by molar-refractivity contribution is 7.88. The topological polar surface area (TPSA) is 99.7 Å². The van der Waals surface area contributed by atoms with Crippen LogP contribution < -0.4 is 5.32 Å². The predicted molar refractivity (Wildman–Crippen MR) is 159 cm³/mol. The van der Waals surface area contributed by atoms with Crippen LogP contribution in [0.5, 0.6) is 0 Å². The van der Waals surface area contributed by atoms with Gasteiger partial charge in [-0.05, 0) is 41.0 Å². The molecule has 3 aromatic carbocycles. The fourth-order valence-electron chi connectivity index (χ4n) is 4.46. The second-order valence-corrected chi connectivity index (χ2v) is 11.9. The molecule has 0 radical (unpaired) electrons. The number of amides is 2.